The molecule has 0 fully saturated rings. The largest absolute Gasteiger partial charge is 0.481 e. The Kier molecular flexibility index (Phi) is 3.00. The molecule has 0 aromatic rings. The molecule has 5 heteroatoms. The number of carbonyl (C=O) groups is 2. The second-order valence-electron chi connectivity index (χ2n) is 2.31. The van der Waals surface area contributed by atoms with Crippen LogP contribution in [0.1, 0.15) is 13.3 Å². The molecule has 5 nitrogen and oxygen atoms in total. The van der Waals surface area contributed by atoms with Gasteiger partial charge in [0.15, 0.2) is 5.60 Å². The van der Waals surface area contributed by atoms with Crippen LogP contribution in [0.25, 0.3) is 0 Å². The first-order valence-electron chi connectivity index (χ1n) is 2.92. The summed E-state index contributed by atoms with van der Waals surface area (Å²) in [7, 11) is 1.16. The second kappa shape index (κ2) is 3.34. The van der Waals surface area contributed by atoms with Crippen LogP contribution in [0.5, 0.6) is 0 Å². The third-order valence-corrected chi connectivity index (χ3v) is 1.39. The predicted octanol–water partition coefficient (Wildman–Crippen LogP) is -0.0492. The normalized spacial score (nSPS) is 15.5. The molecule has 0 spiro atoms. The summed E-state index contributed by atoms with van der Waals surface area (Å²) in [5.41, 5.74) is -1.62. The zero-order chi connectivity index (χ0) is 9.07. The first kappa shape index (κ1) is 9.90. The molecule has 0 saturated carbocycles. The van der Waals surface area contributed by atoms with E-state index >= 15 is 0 Å². The van der Waals surface area contributed by atoms with Crippen molar-refractivity contribution >= 4 is 11.9 Å². The van der Waals surface area contributed by atoms with E-state index in [1.807, 2.05) is 0 Å². The van der Waals surface area contributed by atoms with Crippen LogP contribution in [0.15, 0.2) is 0 Å². The van der Waals surface area contributed by atoms with Gasteiger partial charge in [0.2, 0.25) is 0 Å². The lowest BCUT2D eigenvalue weighted by atomic mass is 10.0. The number of aliphatic carboxylic acids is 2. The molecule has 2 N–H and O–H groups in total. The van der Waals surface area contributed by atoms with Gasteiger partial charge in [-0.25, -0.2) is 4.79 Å². The van der Waals surface area contributed by atoms with Crippen LogP contribution in [0, 0.1) is 0 Å². The van der Waals surface area contributed by atoms with Crippen molar-refractivity contribution in [2.75, 3.05) is 7.11 Å². The van der Waals surface area contributed by atoms with Crippen molar-refractivity contribution in [3.8, 4) is 0 Å². The summed E-state index contributed by atoms with van der Waals surface area (Å²) >= 11 is 0. The van der Waals surface area contributed by atoms with Gasteiger partial charge in [0.25, 0.3) is 0 Å². The van der Waals surface area contributed by atoms with E-state index in [1.165, 1.54) is 6.92 Å². The fourth-order valence-corrected chi connectivity index (χ4v) is 0.524. The van der Waals surface area contributed by atoms with Crippen LogP contribution >= 0.6 is 0 Å². The van der Waals surface area contributed by atoms with Gasteiger partial charge in [0, 0.05) is 7.11 Å². The standard InChI is InChI=1S/C6H10O5/c1-6(11-2,5(9)10)3-4(7)8/h3H2,1-2H3,(H,7,8)(H,9,10)/t6-/m1/s1. The first-order chi connectivity index (χ1) is 4.92. The van der Waals surface area contributed by atoms with Gasteiger partial charge >= 0.3 is 11.9 Å². The van der Waals surface area contributed by atoms with Gasteiger partial charge in [-0.2, -0.15) is 0 Å². The zero-order valence-corrected chi connectivity index (χ0v) is 6.33. The van der Waals surface area contributed by atoms with Crippen molar-refractivity contribution in [3.63, 3.8) is 0 Å². The van der Waals surface area contributed by atoms with E-state index in [0.29, 0.717) is 0 Å². The number of hydrogen-bond donors (Lipinski definition) is 2. The van der Waals surface area contributed by atoms with E-state index in [4.69, 9.17) is 10.2 Å². The Morgan fingerprint density at radius 3 is 2.00 bits per heavy atom. The monoisotopic (exact) mass is 162 g/mol. The van der Waals surface area contributed by atoms with Crippen LogP contribution in [-0.4, -0.2) is 34.9 Å². The van der Waals surface area contributed by atoms with E-state index in [2.05, 4.69) is 4.74 Å². The van der Waals surface area contributed by atoms with Crippen molar-refractivity contribution < 1.29 is 24.5 Å². The number of ether oxygens (including phenoxy) is 1. The highest BCUT2D eigenvalue weighted by atomic mass is 16.5. The molecular formula is C6H10O5. The van der Waals surface area contributed by atoms with Gasteiger partial charge in [0.1, 0.15) is 0 Å². The molecular weight excluding hydrogens is 152 g/mol. The summed E-state index contributed by atoms with van der Waals surface area (Å²) in [4.78, 5) is 20.5. The number of hydrogen-bond acceptors (Lipinski definition) is 3. The molecule has 0 rings (SSSR count). The molecule has 0 unspecified atom stereocenters. The molecule has 0 aromatic carbocycles. The lowest BCUT2D eigenvalue weighted by Gasteiger charge is -2.20. The van der Waals surface area contributed by atoms with Crippen molar-refractivity contribution in [1.82, 2.24) is 0 Å². The number of carboxylic acid groups (broad SMARTS) is 2. The summed E-state index contributed by atoms with van der Waals surface area (Å²) in [5, 5.41) is 16.8. The Morgan fingerprint density at radius 2 is 1.91 bits per heavy atom. The lowest BCUT2D eigenvalue weighted by molar-refractivity contribution is -0.166. The molecule has 0 radical (unpaired) electrons. The summed E-state index contributed by atoms with van der Waals surface area (Å²) in [6.45, 7) is 1.21. The summed E-state index contributed by atoms with van der Waals surface area (Å²) in [6.07, 6.45) is -0.543. The molecule has 0 aliphatic carbocycles. The minimum Gasteiger partial charge on any atom is -0.481 e. The van der Waals surface area contributed by atoms with E-state index < -0.39 is 24.0 Å². The zero-order valence-electron chi connectivity index (χ0n) is 6.33. The molecule has 0 aromatic heterocycles. The highest BCUT2D eigenvalue weighted by Gasteiger charge is 2.35. The lowest BCUT2D eigenvalue weighted by Crippen LogP contribution is -2.39. The maximum atomic E-state index is 10.4. The molecule has 0 heterocycles. The minimum atomic E-state index is -1.62. The third-order valence-electron chi connectivity index (χ3n) is 1.39. The van der Waals surface area contributed by atoms with E-state index in [-0.39, 0.29) is 0 Å². The second-order valence-corrected chi connectivity index (χ2v) is 2.31. The third kappa shape index (κ3) is 2.55. The van der Waals surface area contributed by atoms with Gasteiger partial charge in [-0.05, 0) is 6.92 Å². The van der Waals surface area contributed by atoms with Gasteiger partial charge in [0.05, 0.1) is 6.42 Å². The van der Waals surface area contributed by atoms with Crippen molar-refractivity contribution in [2.45, 2.75) is 18.9 Å². The Bertz CT molecular complexity index is 176. The SMILES string of the molecule is CO[C@](C)(CC(=O)O)C(=O)O. The molecule has 64 valence electrons. The first-order valence-corrected chi connectivity index (χ1v) is 2.92. The topological polar surface area (TPSA) is 83.8 Å². The van der Waals surface area contributed by atoms with Crippen LogP contribution in [0.2, 0.25) is 0 Å². The molecule has 0 aliphatic heterocycles. The van der Waals surface area contributed by atoms with Crippen LogP contribution in [0.3, 0.4) is 0 Å². The summed E-state index contributed by atoms with van der Waals surface area (Å²) < 4.78 is 4.53. The summed E-state index contributed by atoms with van der Waals surface area (Å²) in [5.74, 6) is -2.47. The van der Waals surface area contributed by atoms with Crippen LogP contribution in [-0.2, 0) is 14.3 Å². The molecule has 0 bridgehead atoms. The summed E-state index contributed by atoms with van der Waals surface area (Å²) in [6, 6.07) is 0. The predicted molar refractivity (Wildman–Crippen MR) is 35.3 cm³/mol. The Labute approximate surface area is 63.6 Å². The van der Waals surface area contributed by atoms with Gasteiger partial charge in [-0.3, -0.25) is 4.79 Å². The van der Waals surface area contributed by atoms with Crippen molar-refractivity contribution in [1.29, 1.82) is 0 Å². The van der Waals surface area contributed by atoms with Crippen molar-refractivity contribution in [2.24, 2.45) is 0 Å². The fraction of sp³-hybridized carbons (Fsp3) is 0.667. The van der Waals surface area contributed by atoms with Gasteiger partial charge in [-0.15, -0.1) is 0 Å². The number of methoxy groups -OCH3 is 1. The molecule has 0 amide bonds. The maximum Gasteiger partial charge on any atom is 0.336 e. The number of rotatable bonds is 4. The average molecular weight is 162 g/mol. The Hall–Kier alpha value is -1.10. The van der Waals surface area contributed by atoms with E-state index in [0.717, 1.165) is 7.11 Å². The number of carboxylic acids is 2. The highest BCUT2D eigenvalue weighted by Crippen LogP contribution is 2.13. The Balaban J connectivity index is 4.34. The van der Waals surface area contributed by atoms with Crippen LogP contribution < -0.4 is 0 Å². The quantitative estimate of drug-likeness (QED) is 0.605. The maximum absolute atomic E-state index is 10.4. The molecule has 1 atom stereocenters. The Morgan fingerprint density at radius 1 is 1.45 bits per heavy atom. The molecule has 0 saturated heterocycles. The van der Waals surface area contributed by atoms with E-state index in [9.17, 15) is 9.59 Å². The van der Waals surface area contributed by atoms with Gasteiger partial charge < -0.3 is 14.9 Å². The van der Waals surface area contributed by atoms with Crippen molar-refractivity contribution in [3.05, 3.63) is 0 Å². The molecule has 11 heavy (non-hydrogen) atoms. The average Bonchev–Trinajstić information content (AvgIpc) is 1.86. The fourth-order valence-electron chi connectivity index (χ4n) is 0.524. The highest BCUT2D eigenvalue weighted by molar-refractivity contribution is 5.83. The minimum absolute atomic E-state index is 0.543. The molecule has 0 aliphatic rings. The van der Waals surface area contributed by atoms with Gasteiger partial charge in [-0.1, -0.05) is 0 Å². The van der Waals surface area contributed by atoms with E-state index in [1.54, 1.807) is 0 Å². The van der Waals surface area contributed by atoms with Crippen LogP contribution in [0.4, 0.5) is 0 Å². The smallest absolute Gasteiger partial charge is 0.336 e.